The predicted molar refractivity (Wildman–Crippen MR) is 64.4 cm³/mol. The van der Waals surface area contributed by atoms with Gasteiger partial charge in [-0.2, -0.15) is 0 Å². The Hall–Kier alpha value is -1.10. The molecule has 1 amide bonds. The number of aliphatic carboxylic acids is 1. The normalized spacial score (nSPS) is 24.3. The van der Waals surface area contributed by atoms with E-state index >= 15 is 0 Å². The molecule has 1 rings (SSSR count). The fraction of sp³-hybridized carbons (Fsp3) is 0.833. The summed E-state index contributed by atoms with van der Waals surface area (Å²) in [5, 5.41) is 11.3. The van der Waals surface area contributed by atoms with E-state index in [1.807, 2.05) is 0 Å². The molecule has 0 heterocycles. The summed E-state index contributed by atoms with van der Waals surface area (Å²) in [4.78, 5) is 22.2. The van der Waals surface area contributed by atoms with Gasteiger partial charge in [0.25, 0.3) is 0 Å². The molecule has 2 unspecified atom stereocenters. The number of hydrogen-bond donors (Lipinski definition) is 3. The van der Waals surface area contributed by atoms with Gasteiger partial charge in [0.2, 0.25) is 5.91 Å². The molecule has 4 N–H and O–H groups in total. The van der Waals surface area contributed by atoms with Crippen LogP contribution in [0.1, 0.15) is 38.5 Å². The third kappa shape index (κ3) is 4.73. The Morgan fingerprint density at radius 1 is 1.29 bits per heavy atom. The molecule has 5 heteroatoms. The molecular formula is C12H22N2O3. The fourth-order valence-electron chi connectivity index (χ4n) is 2.42. The Kier molecular flexibility index (Phi) is 5.97. The second-order valence-electron chi connectivity index (χ2n) is 4.68. The quantitative estimate of drug-likeness (QED) is 0.599. The highest BCUT2D eigenvalue weighted by Crippen LogP contribution is 2.29. The fourth-order valence-corrected chi connectivity index (χ4v) is 2.42. The van der Waals surface area contributed by atoms with E-state index in [-0.39, 0.29) is 18.2 Å². The first-order valence-electron chi connectivity index (χ1n) is 6.34. The van der Waals surface area contributed by atoms with E-state index in [2.05, 4.69) is 5.32 Å². The van der Waals surface area contributed by atoms with Crippen LogP contribution in [0.2, 0.25) is 0 Å². The number of nitrogens with two attached hydrogens (primary N) is 1. The lowest BCUT2D eigenvalue weighted by Crippen LogP contribution is -2.39. The highest BCUT2D eigenvalue weighted by atomic mass is 16.4. The molecular weight excluding hydrogens is 220 g/mol. The standard InChI is InChI=1S/C12H22N2O3/c13-8-9-4-1-2-5-10(9)12(17)14-7-3-6-11(15)16/h9-10H,1-8,13H2,(H,14,17)(H,15,16). The average molecular weight is 242 g/mol. The van der Waals surface area contributed by atoms with Crippen LogP contribution in [0.3, 0.4) is 0 Å². The van der Waals surface area contributed by atoms with Crippen molar-refractivity contribution in [3.8, 4) is 0 Å². The van der Waals surface area contributed by atoms with Crippen molar-refractivity contribution in [2.75, 3.05) is 13.1 Å². The highest BCUT2D eigenvalue weighted by molar-refractivity contribution is 5.79. The minimum absolute atomic E-state index is 0.0265. The molecule has 1 fully saturated rings. The first-order chi connectivity index (χ1) is 8.15. The maximum absolute atomic E-state index is 11.9. The number of carboxylic acid groups (broad SMARTS) is 1. The summed E-state index contributed by atoms with van der Waals surface area (Å²) in [6.07, 6.45) is 4.77. The molecule has 5 nitrogen and oxygen atoms in total. The number of hydrogen-bond acceptors (Lipinski definition) is 3. The minimum atomic E-state index is -0.822. The SMILES string of the molecule is NCC1CCCCC1C(=O)NCCCC(=O)O. The number of rotatable bonds is 6. The number of carbonyl (C=O) groups excluding carboxylic acids is 1. The van der Waals surface area contributed by atoms with Gasteiger partial charge in [0.1, 0.15) is 0 Å². The van der Waals surface area contributed by atoms with Gasteiger partial charge in [-0.15, -0.1) is 0 Å². The number of carboxylic acids is 1. The lowest BCUT2D eigenvalue weighted by molar-refractivity contribution is -0.137. The van der Waals surface area contributed by atoms with Crippen LogP contribution in [0.5, 0.6) is 0 Å². The second kappa shape index (κ2) is 7.27. The third-order valence-corrected chi connectivity index (χ3v) is 3.42. The van der Waals surface area contributed by atoms with Crippen molar-refractivity contribution >= 4 is 11.9 Å². The summed E-state index contributed by atoms with van der Waals surface area (Å²) in [5.41, 5.74) is 5.67. The Morgan fingerprint density at radius 3 is 2.65 bits per heavy atom. The van der Waals surface area contributed by atoms with Crippen LogP contribution in [-0.2, 0) is 9.59 Å². The summed E-state index contributed by atoms with van der Waals surface area (Å²) in [6, 6.07) is 0. The predicted octanol–water partition coefficient (Wildman–Crippen LogP) is 0.733. The molecule has 0 aromatic heterocycles. The van der Waals surface area contributed by atoms with E-state index in [9.17, 15) is 9.59 Å². The van der Waals surface area contributed by atoms with Crippen molar-refractivity contribution in [1.29, 1.82) is 0 Å². The maximum Gasteiger partial charge on any atom is 0.303 e. The van der Waals surface area contributed by atoms with Gasteiger partial charge in [0.15, 0.2) is 0 Å². The lowest BCUT2D eigenvalue weighted by Gasteiger charge is -2.29. The molecule has 0 aromatic rings. The molecule has 0 radical (unpaired) electrons. The molecule has 1 aliphatic carbocycles. The van der Waals surface area contributed by atoms with E-state index in [1.165, 1.54) is 0 Å². The monoisotopic (exact) mass is 242 g/mol. The van der Waals surface area contributed by atoms with Gasteiger partial charge in [-0.25, -0.2) is 0 Å². The Bertz CT molecular complexity index is 268. The van der Waals surface area contributed by atoms with E-state index in [0.29, 0.717) is 25.4 Å². The minimum Gasteiger partial charge on any atom is -0.481 e. The molecule has 1 aliphatic rings. The Balaban J connectivity index is 2.27. The molecule has 17 heavy (non-hydrogen) atoms. The van der Waals surface area contributed by atoms with Crippen LogP contribution in [-0.4, -0.2) is 30.1 Å². The largest absolute Gasteiger partial charge is 0.481 e. The molecule has 2 atom stereocenters. The summed E-state index contributed by atoms with van der Waals surface area (Å²) < 4.78 is 0. The van der Waals surface area contributed by atoms with Crippen molar-refractivity contribution in [3.63, 3.8) is 0 Å². The second-order valence-corrected chi connectivity index (χ2v) is 4.68. The van der Waals surface area contributed by atoms with E-state index in [1.54, 1.807) is 0 Å². The van der Waals surface area contributed by atoms with Gasteiger partial charge >= 0.3 is 5.97 Å². The third-order valence-electron chi connectivity index (χ3n) is 3.42. The van der Waals surface area contributed by atoms with E-state index in [4.69, 9.17) is 10.8 Å². The first-order valence-corrected chi connectivity index (χ1v) is 6.34. The molecule has 0 aromatic carbocycles. The van der Waals surface area contributed by atoms with Gasteiger partial charge in [-0.3, -0.25) is 9.59 Å². The summed E-state index contributed by atoms with van der Waals surface area (Å²) in [5.74, 6) is -0.455. The lowest BCUT2D eigenvalue weighted by atomic mass is 9.79. The van der Waals surface area contributed by atoms with E-state index < -0.39 is 5.97 Å². The average Bonchev–Trinajstić information content (AvgIpc) is 2.34. The molecule has 0 aliphatic heterocycles. The van der Waals surface area contributed by atoms with Crippen LogP contribution in [0, 0.1) is 11.8 Å². The molecule has 98 valence electrons. The zero-order valence-corrected chi connectivity index (χ0v) is 10.2. The van der Waals surface area contributed by atoms with Crippen LogP contribution < -0.4 is 11.1 Å². The topological polar surface area (TPSA) is 92.4 Å². The van der Waals surface area contributed by atoms with Gasteiger partial charge in [-0.05, 0) is 31.7 Å². The highest BCUT2D eigenvalue weighted by Gasteiger charge is 2.29. The van der Waals surface area contributed by atoms with E-state index in [0.717, 1.165) is 25.7 Å². The van der Waals surface area contributed by atoms with Gasteiger partial charge in [0.05, 0.1) is 0 Å². The summed E-state index contributed by atoms with van der Waals surface area (Å²) in [7, 11) is 0. The number of carbonyl (C=O) groups is 2. The first kappa shape index (κ1) is 14.0. The summed E-state index contributed by atoms with van der Waals surface area (Å²) in [6.45, 7) is 1.01. The maximum atomic E-state index is 11.9. The van der Waals surface area contributed by atoms with Crippen molar-refractivity contribution in [2.45, 2.75) is 38.5 Å². The number of amides is 1. The zero-order chi connectivity index (χ0) is 12.7. The zero-order valence-electron chi connectivity index (χ0n) is 10.2. The molecule has 0 bridgehead atoms. The number of nitrogens with one attached hydrogen (secondary N) is 1. The van der Waals surface area contributed by atoms with Crippen molar-refractivity contribution in [1.82, 2.24) is 5.32 Å². The molecule has 0 spiro atoms. The Labute approximate surface area is 102 Å². The van der Waals surface area contributed by atoms with Crippen molar-refractivity contribution in [2.24, 2.45) is 17.6 Å². The summed E-state index contributed by atoms with van der Waals surface area (Å²) >= 11 is 0. The smallest absolute Gasteiger partial charge is 0.303 e. The van der Waals surface area contributed by atoms with Gasteiger partial charge in [-0.1, -0.05) is 12.8 Å². The van der Waals surface area contributed by atoms with Crippen LogP contribution in [0.4, 0.5) is 0 Å². The van der Waals surface area contributed by atoms with Crippen LogP contribution in [0.15, 0.2) is 0 Å². The van der Waals surface area contributed by atoms with Crippen LogP contribution in [0.25, 0.3) is 0 Å². The molecule has 1 saturated carbocycles. The van der Waals surface area contributed by atoms with Crippen LogP contribution >= 0.6 is 0 Å². The van der Waals surface area contributed by atoms with Crippen molar-refractivity contribution < 1.29 is 14.7 Å². The van der Waals surface area contributed by atoms with Gasteiger partial charge < -0.3 is 16.2 Å². The molecule has 0 saturated heterocycles. The van der Waals surface area contributed by atoms with Crippen molar-refractivity contribution in [3.05, 3.63) is 0 Å². The van der Waals surface area contributed by atoms with Gasteiger partial charge in [0, 0.05) is 18.9 Å². The Morgan fingerprint density at radius 2 is 2.00 bits per heavy atom.